The molecular formula is C12H7F2NO. The molecule has 0 fully saturated rings. The van der Waals surface area contributed by atoms with Crippen molar-refractivity contribution < 1.29 is 13.6 Å². The van der Waals surface area contributed by atoms with Crippen molar-refractivity contribution in [3.8, 4) is 11.3 Å². The molecule has 0 unspecified atom stereocenters. The van der Waals surface area contributed by atoms with Crippen molar-refractivity contribution in [3.63, 3.8) is 0 Å². The summed E-state index contributed by atoms with van der Waals surface area (Å²) in [6.45, 7) is 0. The molecule has 2 aromatic rings. The van der Waals surface area contributed by atoms with Gasteiger partial charge in [-0.2, -0.15) is 0 Å². The summed E-state index contributed by atoms with van der Waals surface area (Å²) in [4.78, 5) is 14.4. The number of carbonyl (C=O) groups excluding carboxylic acids is 1. The Labute approximate surface area is 90.6 Å². The van der Waals surface area contributed by atoms with Crippen molar-refractivity contribution in [2.75, 3.05) is 0 Å². The van der Waals surface area contributed by atoms with Gasteiger partial charge in [-0.25, -0.2) is 8.78 Å². The zero-order valence-corrected chi connectivity index (χ0v) is 8.15. The molecule has 1 heterocycles. The van der Waals surface area contributed by atoms with Gasteiger partial charge in [0.2, 0.25) is 0 Å². The summed E-state index contributed by atoms with van der Waals surface area (Å²) in [5.74, 6) is -1.89. The van der Waals surface area contributed by atoms with E-state index in [0.29, 0.717) is 11.8 Å². The Kier molecular flexibility index (Phi) is 2.72. The molecule has 0 N–H and O–H groups in total. The van der Waals surface area contributed by atoms with E-state index in [1.165, 1.54) is 30.5 Å². The lowest BCUT2D eigenvalue weighted by atomic mass is 10.1. The Morgan fingerprint density at radius 2 is 2.00 bits per heavy atom. The van der Waals surface area contributed by atoms with Gasteiger partial charge >= 0.3 is 0 Å². The van der Waals surface area contributed by atoms with Gasteiger partial charge in [-0.3, -0.25) is 9.78 Å². The van der Waals surface area contributed by atoms with Crippen LogP contribution in [0.1, 0.15) is 10.4 Å². The van der Waals surface area contributed by atoms with E-state index in [0.717, 1.165) is 6.07 Å². The summed E-state index contributed by atoms with van der Waals surface area (Å²) in [5.41, 5.74) is 0.652. The van der Waals surface area contributed by atoms with Crippen molar-refractivity contribution in [1.29, 1.82) is 0 Å². The third kappa shape index (κ3) is 1.82. The molecule has 0 saturated heterocycles. The lowest BCUT2D eigenvalue weighted by Gasteiger charge is -2.03. The van der Waals surface area contributed by atoms with E-state index in [1.54, 1.807) is 0 Å². The van der Waals surface area contributed by atoms with Crippen LogP contribution in [0.3, 0.4) is 0 Å². The first-order valence-electron chi connectivity index (χ1n) is 4.58. The normalized spacial score (nSPS) is 10.1. The third-order valence-corrected chi connectivity index (χ3v) is 2.15. The second-order valence-electron chi connectivity index (χ2n) is 3.19. The zero-order chi connectivity index (χ0) is 11.5. The number of aldehydes is 1. The minimum absolute atomic E-state index is 0.0451. The molecule has 0 amide bonds. The second-order valence-corrected chi connectivity index (χ2v) is 3.19. The molecule has 80 valence electrons. The molecular weight excluding hydrogens is 212 g/mol. The van der Waals surface area contributed by atoms with Crippen LogP contribution in [-0.4, -0.2) is 11.3 Å². The third-order valence-electron chi connectivity index (χ3n) is 2.15. The summed E-state index contributed by atoms with van der Waals surface area (Å²) >= 11 is 0. The zero-order valence-electron chi connectivity index (χ0n) is 8.15. The highest BCUT2D eigenvalue weighted by Crippen LogP contribution is 2.22. The first-order valence-corrected chi connectivity index (χ1v) is 4.58. The SMILES string of the molecule is O=Cc1ccnc(-c2cccc(F)c2F)c1. The quantitative estimate of drug-likeness (QED) is 0.727. The van der Waals surface area contributed by atoms with Gasteiger partial charge < -0.3 is 0 Å². The number of aromatic nitrogens is 1. The van der Waals surface area contributed by atoms with Gasteiger partial charge in [0.15, 0.2) is 11.6 Å². The Bertz CT molecular complexity index is 540. The number of halogens is 2. The first kappa shape index (κ1) is 10.4. The number of carbonyl (C=O) groups is 1. The molecule has 1 aromatic heterocycles. The van der Waals surface area contributed by atoms with Crippen molar-refractivity contribution in [3.05, 3.63) is 53.7 Å². The van der Waals surface area contributed by atoms with Gasteiger partial charge in [0.25, 0.3) is 0 Å². The molecule has 0 aliphatic carbocycles. The topological polar surface area (TPSA) is 30.0 Å². The first-order chi connectivity index (χ1) is 7.72. The van der Waals surface area contributed by atoms with Gasteiger partial charge in [-0.1, -0.05) is 6.07 Å². The summed E-state index contributed by atoms with van der Waals surface area (Å²) in [6, 6.07) is 6.74. The second kappa shape index (κ2) is 4.18. The lowest BCUT2D eigenvalue weighted by molar-refractivity contribution is 0.112. The van der Waals surface area contributed by atoms with E-state index in [4.69, 9.17) is 0 Å². The monoisotopic (exact) mass is 219 g/mol. The minimum atomic E-state index is -0.960. The number of pyridine rings is 1. The highest BCUT2D eigenvalue weighted by Gasteiger charge is 2.10. The van der Waals surface area contributed by atoms with E-state index < -0.39 is 11.6 Å². The van der Waals surface area contributed by atoms with Crippen LogP contribution >= 0.6 is 0 Å². The average Bonchev–Trinajstić information content (AvgIpc) is 2.33. The van der Waals surface area contributed by atoms with Crippen molar-refractivity contribution >= 4 is 6.29 Å². The highest BCUT2D eigenvalue weighted by molar-refractivity contribution is 5.77. The Morgan fingerprint density at radius 1 is 1.19 bits per heavy atom. The number of nitrogens with zero attached hydrogens (tertiary/aromatic N) is 1. The largest absolute Gasteiger partial charge is 0.298 e. The molecule has 16 heavy (non-hydrogen) atoms. The van der Waals surface area contributed by atoms with E-state index in [2.05, 4.69) is 4.98 Å². The fourth-order valence-corrected chi connectivity index (χ4v) is 1.37. The molecule has 4 heteroatoms. The van der Waals surface area contributed by atoms with Gasteiger partial charge in [0.05, 0.1) is 5.69 Å². The molecule has 0 radical (unpaired) electrons. The molecule has 0 aliphatic heterocycles. The predicted octanol–water partition coefficient (Wildman–Crippen LogP) is 2.84. The summed E-state index contributed by atoms with van der Waals surface area (Å²) in [6.07, 6.45) is 2.01. The maximum Gasteiger partial charge on any atom is 0.168 e. The lowest BCUT2D eigenvalue weighted by Crippen LogP contribution is -1.92. The minimum Gasteiger partial charge on any atom is -0.298 e. The summed E-state index contributed by atoms with van der Waals surface area (Å²) in [5, 5.41) is 0. The molecule has 2 rings (SSSR count). The molecule has 1 aromatic carbocycles. The van der Waals surface area contributed by atoms with E-state index in [9.17, 15) is 13.6 Å². The van der Waals surface area contributed by atoms with Crippen molar-refractivity contribution in [1.82, 2.24) is 4.98 Å². The number of hydrogen-bond acceptors (Lipinski definition) is 2. The summed E-state index contributed by atoms with van der Waals surface area (Å²) < 4.78 is 26.4. The van der Waals surface area contributed by atoms with Crippen LogP contribution in [0.4, 0.5) is 8.78 Å². The average molecular weight is 219 g/mol. The Hall–Kier alpha value is -2.10. The molecule has 2 nitrogen and oxygen atoms in total. The van der Waals surface area contributed by atoms with E-state index >= 15 is 0 Å². The number of rotatable bonds is 2. The van der Waals surface area contributed by atoms with Crippen LogP contribution in [0.5, 0.6) is 0 Å². The fourth-order valence-electron chi connectivity index (χ4n) is 1.37. The van der Waals surface area contributed by atoms with Crippen molar-refractivity contribution in [2.24, 2.45) is 0 Å². The fraction of sp³-hybridized carbons (Fsp3) is 0. The highest BCUT2D eigenvalue weighted by atomic mass is 19.2. The van der Waals surface area contributed by atoms with E-state index in [-0.39, 0.29) is 11.3 Å². The van der Waals surface area contributed by atoms with Crippen LogP contribution in [0.2, 0.25) is 0 Å². The molecule has 0 aliphatic rings. The standard InChI is InChI=1S/C12H7F2NO/c13-10-3-1-2-9(12(10)14)11-6-8(7-16)4-5-15-11/h1-7H. The van der Waals surface area contributed by atoms with Crippen LogP contribution in [0.25, 0.3) is 11.3 Å². The van der Waals surface area contributed by atoms with Gasteiger partial charge in [0.1, 0.15) is 6.29 Å². The van der Waals surface area contributed by atoms with Crippen LogP contribution in [-0.2, 0) is 0 Å². The predicted molar refractivity (Wildman–Crippen MR) is 55.0 cm³/mol. The van der Waals surface area contributed by atoms with E-state index in [1.807, 2.05) is 0 Å². The van der Waals surface area contributed by atoms with Crippen LogP contribution in [0.15, 0.2) is 36.5 Å². The summed E-state index contributed by atoms with van der Waals surface area (Å²) in [7, 11) is 0. The smallest absolute Gasteiger partial charge is 0.168 e. The number of hydrogen-bond donors (Lipinski definition) is 0. The Morgan fingerprint density at radius 3 is 2.75 bits per heavy atom. The molecule has 0 bridgehead atoms. The maximum absolute atomic E-state index is 13.4. The Balaban J connectivity index is 2.58. The molecule has 0 saturated carbocycles. The molecule has 0 spiro atoms. The van der Waals surface area contributed by atoms with Gasteiger partial charge in [-0.15, -0.1) is 0 Å². The number of benzene rings is 1. The molecule has 0 atom stereocenters. The van der Waals surface area contributed by atoms with Gasteiger partial charge in [0, 0.05) is 17.3 Å². The van der Waals surface area contributed by atoms with Crippen LogP contribution in [0, 0.1) is 11.6 Å². The van der Waals surface area contributed by atoms with Crippen molar-refractivity contribution in [2.45, 2.75) is 0 Å². The van der Waals surface area contributed by atoms with Crippen LogP contribution < -0.4 is 0 Å². The van der Waals surface area contributed by atoms with Gasteiger partial charge in [-0.05, 0) is 24.3 Å². The maximum atomic E-state index is 13.4.